The minimum Gasteiger partial charge on any atom is -0.325 e. The number of benzene rings is 1. The van der Waals surface area contributed by atoms with Crippen LogP contribution in [-0.2, 0) is 4.79 Å². The van der Waals surface area contributed by atoms with Crippen LogP contribution >= 0.6 is 23.2 Å². The van der Waals surface area contributed by atoms with Gasteiger partial charge in [0.05, 0.1) is 16.1 Å². The molecule has 1 N–H and O–H groups in total. The van der Waals surface area contributed by atoms with E-state index in [0.717, 1.165) is 0 Å². The number of Topliss-reactive ketones (excluding diaryl/α,β-unsaturated/α-hetero) is 1. The zero-order valence-electron chi connectivity index (χ0n) is 8.88. The van der Waals surface area contributed by atoms with E-state index >= 15 is 0 Å². The van der Waals surface area contributed by atoms with Gasteiger partial charge in [0.1, 0.15) is 0 Å². The first kappa shape index (κ1) is 13.0. The molecule has 0 aliphatic heterocycles. The van der Waals surface area contributed by atoms with Crippen LogP contribution in [0.5, 0.6) is 0 Å². The summed E-state index contributed by atoms with van der Waals surface area (Å²) in [6.07, 6.45) is 0. The van der Waals surface area contributed by atoms with E-state index in [0.29, 0.717) is 16.3 Å². The maximum absolute atomic E-state index is 11.6. The van der Waals surface area contributed by atoms with Crippen molar-refractivity contribution in [3.63, 3.8) is 0 Å². The van der Waals surface area contributed by atoms with Gasteiger partial charge in [0.2, 0.25) is 5.91 Å². The molecule has 1 amide bonds. The second-order valence-corrected chi connectivity index (χ2v) is 4.42. The summed E-state index contributed by atoms with van der Waals surface area (Å²) in [6.45, 7) is 2.98. The number of nitrogens with one attached hydrogen (secondary N) is 1. The Morgan fingerprint density at radius 1 is 1.38 bits per heavy atom. The monoisotopic (exact) mass is 259 g/mol. The van der Waals surface area contributed by atoms with Crippen molar-refractivity contribution in [2.24, 2.45) is 0 Å². The summed E-state index contributed by atoms with van der Waals surface area (Å²) in [4.78, 5) is 22.4. The lowest BCUT2D eigenvalue weighted by atomic mass is 10.1. The Morgan fingerprint density at radius 2 is 2.00 bits per heavy atom. The number of hydrogen-bond acceptors (Lipinski definition) is 2. The number of anilines is 1. The van der Waals surface area contributed by atoms with Gasteiger partial charge in [0.15, 0.2) is 5.78 Å². The zero-order valence-corrected chi connectivity index (χ0v) is 10.4. The van der Waals surface area contributed by atoms with Crippen molar-refractivity contribution in [2.45, 2.75) is 19.2 Å². The molecule has 1 atom stereocenters. The molecule has 0 bridgehead atoms. The number of rotatable bonds is 3. The maximum Gasteiger partial charge on any atom is 0.221 e. The van der Waals surface area contributed by atoms with E-state index in [1.54, 1.807) is 19.1 Å². The smallest absolute Gasteiger partial charge is 0.221 e. The lowest BCUT2D eigenvalue weighted by molar-refractivity contribution is -0.114. The van der Waals surface area contributed by atoms with E-state index in [1.807, 2.05) is 0 Å². The normalized spacial score (nSPS) is 12.0. The van der Waals surface area contributed by atoms with Gasteiger partial charge in [-0.3, -0.25) is 9.59 Å². The molecule has 86 valence electrons. The molecule has 0 aromatic heterocycles. The van der Waals surface area contributed by atoms with Crippen LogP contribution in [0.2, 0.25) is 5.02 Å². The third-order valence-corrected chi connectivity index (χ3v) is 2.44. The number of halogens is 2. The van der Waals surface area contributed by atoms with Gasteiger partial charge < -0.3 is 5.32 Å². The van der Waals surface area contributed by atoms with Crippen molar-refractivity contribution in [3.05, 3.63) is 28.8 Å². The number of ketones is 1. The standard InChI is InChI=1S/C11H11Cl2NO2/c1-6(12)11(16)8-3-4-10(9(13)5-8)14-7(2)15/h3-6H,1-2H3,(H,14,15). The third kappa shape index (κ3) is 3.22. The Balaban J connectivity index is 2.99. The van der Waals surface area contributed by atoms with Crippen LogP contribution in [-0.4, -0.2) is 17.1 Å². The highest BCUT2D eigenvalue weighted by Crippen LogP contribution is 2.24. The summed E-state index contributed by atoms with van der Waals surface area (Å²) < 4.78 is 0. The van der Waals surface area contributed by atoms with E-state index in [9.17, 15) is 9.59 Å². The van der Waals surface area contributed by atoms with E-state index in [4.69, 9.17) is 23.2 Å². The Labute approximate surface area is 104 Å². The van der Waals surface area contributed by atoms with E-state index in [-0.39, 0.29) is 11.7 Å². The molecule has 1 aromatic rings. The fourth-order valence-electron chi connectivity index (χ4n) is 1.19. The summed E-state index contributed by atoms with van der Waals surface area (Å²) in [6, 6.07) is 4.66. The molecule has 0 saturated heterocycles. The molecule has 0 aliphatic rings. The average Bonchev–Trinajstić information content (AvgIpc) is 2.19. The first-order valence-corrected chi connectivity index (χ1v) is 5.48. The summed E-state index contributed by atoms with van der Waals surface area (Å²) in [5.41, 5.74) is 0.912. The molecule has 1 rings (SSSR count). The molecule has 3 nitrogen and oxygen atoms in total. The molecule has 1 unspecified atom stereocenters. The molecular formula is C11H11Cl2NO2. The highest BCUT2D eigenvalue weighted by Gasteiger charge is 2.13. The van der Waals surface area contributed by atoms with E-state index in [2.05, 4.69) is 5.32 Å². The van der Waals surface area contributed by atoms with Crippen molar-refractivity contribution in [1.82, 2.24) is 0 Å². The molecule has 0 saturated carbocycles. The number of carbonyl (C=O) groups is 2. The van der Waals surface area contributed by atoms with Gasteiger partial charge in [-0.1, -0.05) is 11.6 Å². The van der Waals surface area contributed by atoms with Crippen LogP contribution in [0.15, 0.2) is 18.2 Å². The van der Waals surface area contributed by atoms with Gasteiger partial charge in [-0.05, 0) is 25.1 Å². The van der Waals surface area contributed by atoms with E-state index in [1.165, 1.54) is 13.0 Å². The van der Waals surface area contributed by atoms with Crippen molar-refractivity contribution in [3.8, 4) is 0 Å². The molecule has 16 heavy (non-hydrogen) atoms. The van der Waals surface area contributed by atoms with Crippen molar-refractivity contribution in [2.75, 3.05) is 5.32 Å². The summed E-state index contributed by atoms with van der Waals surface area (Å²) in [5, 5.41) is 2.28. The Hall–Kier alpha value is -1.06. The van der Waals surface area contributed by atoms with Gasteiger partial charge >= 0.3 is 0 Å². The quantitative estimate of drug-likeness (QED) is 0.670. The second kappa shape index (κ2) is 5.32. The number of alkyl halides is 1. The van der Waals surface area contributed by atoms with Gasteiger partial charge in [-0.15, -0.1) is 11.6 Å². The fourth-order valence-corrected chi connectivity index (χ4v) is 1.54. The molecule has 0 aliphatic carbocycles. The van der Waals surface area contributed by atoms with Gasteiger partial charge in [-0.2, -0.15) is 0 Å². The van der Waals surface area contributed by atoms with Crippen LogP contribution in [0.25, 0.3) is 0 Å². The average molecular weight is 260 g/mol. The predicted molar refractivity (Wildman–Crippen MR) is 65.4 cm³/mol. The Morgan fingerprint density at radius 3 is 2.44 bits per heavy atom. The lowest BCUT2D eigenvalue weighted by Crippen LogP contribution is -2.11. The highest BCUT2D eigenvalue weighted by atomic mass is 35.5. The number of amides is 1. The summed E-state index contributed by atoms with van der Waals surface area (Å²) in [5.74, 6) is -0.412. The van der Waals surface area contributed by atoms with Gasteiger partial charge in [0.25, 0.3) is 0 Å². The fraction of sp³-hybridized carbons (Fsp3) is 0.273. The highest BCUT2D eigenvalue weighted by molar-refractivity contribution is 6.36. The van der Waals surface area contributed by atoms with Crippen LogP contribution in [0.3, 0.4) is 0 Å². The summed E-state index contributed by atoms with van der Waals surface area (Å²) in [7, 11) is 0. The molecule has 5 heteroatoms. The minimum absolute atomic E-state index is 0.196. The van der Waals surface area contributed by atoms with Crippen molar-refractivity contribution in [1.29, 1.82) is 0 Å². The first-order valence-electron chi connectivity index (χ1n) is 4.67. The zero-order chi connectivity index (χ0) is 12.3. The number of carbonyl (C=O) groups excluding carboxylic acids is 2. The van der Waals surface area contributed by atoms with Crippen LogP contribution < -0.4 is 5.32 Å². The van der Waals surface area contributed by atoms with Crippen molar-refractivity contribution >= 4 is 40.6 Å². The lowest BCUT2D eigenvalue weighted by Gasteiger charge is -2.07. The number of hydrogen-bond donors (Lipinski definition) is 1. The van der Waals surface area contributed by atoms with Crippen molar-refractivity contribution < 1.29 is 9.59 Å². The third-order valence-electron chi connectivity index (χ3n) is 1.93. The topological polar surface area (TPSA) is 46.2 Å². The second-order valence-electron chi connectivity index (χ2n) is 3.36. The van der Waals surface area contributed by atoms with Gasteiger partial charge in [-0.25, -0.2) is 0 Å². The van der Waals surface area contributed by atoms with Crippen LogP contribution in [0.4, 0.5) is 5.69 Å². The largest absolute Gasteiger partial charge is 0.325 e. The molecule has 0 fully saturated rings. The molecule has 0 heterocycles. The maximum atomic E-state index is 11.6. The SMILES string of the molecule is CC(=O)Nc1ccc(C(=O)C(C)Cl)cc1Cl. The first-order chi connectivity index (χ1) is 7.41. The Bertz CT molecular complexity index is 430. The van der Waals surface area contributed by atoms with Gasteiger partial charge in [0, 0.05) is 12.5 Å². The predicted octanol–water partition coefficient (Wildman–Crippen LogP) is 3.11. The van der Waals surface area contributed by atoms with Crippen LogP contribution in [0, 0.1) is 0 Å². The molecular weight excluding hydrogens is 249 g/mol. The van der Waals surface area contributed by atoms with E-state index < -0.39 is 5.38 Å². The molecule has 1 aromatic carbocycles. The summed E-state index contributed by atoms with van der Waals surface area (Å²) >= 11 is 11.6. The minimum atomic E-state index is -0.595. The molecule has 0 spiro atoms. The molecule has 0 radical (unpaired) electrons. The Kier molecular flexibility index (Phi) is 4.33. The van der Waals surface area contributed by atoms with Crippen LogP contribution in [0.1, 0.15) is 24.2 Å².